The molecule has 3 rings (SSSR count). The first-order chi connectivity index (χ1) is 14.7. The molecule has 0 saturated carbocycles. The monoisotopic (exact) mass is 497 g/mol. The van der Waals surface area contributed by atoms with Crippen molar-refractivity contribution < 1.29 is 22.7 Å². The van der Waals surface area contributed by atoms with Crippen molar-refractivity contribution in [3.05, 3.63) is 68.7 Å². The van der Waals surface area contributed by atoms with E-state index < -0.39 is 21.9 Å². The quantitative estimate of drug-likeness (QED) is 0.494. The van der Waals surface area contributed by atoms with Gasteiger partial charge in [-0.25, -0.2) is 4.98 Å². The zero-order valence-electron chi connectivity index (χ0n) is 16.5. The molecule has 1 aromatic carbocycles. The van der Waals surface area contributed by atoms with E-state index in [4.69, 9.17) is 4.74 Å². The van der Waals surface area contributed by atoms with Crippen LogP contribution < -0.4 is 10.9 Å². The van der Waals surface area contributed by atoms with Gasteiger partial charge in [0.2, 0.25) is 0 Å². The number of benzene rings is 1. The lowest BCUT2D eigenvalue weighted by atomic mass is 10.0. The molecule has 0 unspecified atom stereocenters. The predicted molar refractivity (Wildman–Crippen MR) is 113 cm³/mol. The van der Waals surface area contributed by atoms with Gasteiger partial charge in [0.25, 0.3) is 11.5 Å². The highest BCUT2D eigenvalue weighted by molar-refractivity contribution is 9.10. The molecular formula is C21H19BrF3N3O3. The number of aromatic nitrogens is 2. The molecule has 0 aliphatic heterocycles. The first-order valence-electron chi connectivity index (χ1n) is 9.48. The van der Waals surface area contributed by atoms with Crippen LogP contribution in [0.15, 0.2) is 51.9 Å². The number of nitrogens with one attached hydrogen (secondary N) is 1. The molecular weight excluding hydrogens is 479 g/mol. The van der Waals surface area contributed by atoms with Gasteiger partial charge in [-0.2, -0.15) is 13.2 Å². The van der Waals surface area contributed by atoms with E-state index in [-0.39, 0.29) is 11.6 Å². The second-order valence-electron chi connectivity index (χ2n) is 6.58. The second kappa shape index (κ2) is 9.61. The smallest absolute Gasteiger partial charge is 0.382 e. The number of fused-ring (bicyclic) bond motifs is 1. The molecule has 0 atom stereocenters. The standard InChI is InChI=1S/C21H19BrF3N3O3/c1-2-31-12-4-10-26-19(29)14-8-6-13(7-9-14)15-5-3-11-28-18(15)27-17(21(23,24)25)16(22)20(28)30/h3,5-9,11H,2,4,10,12H2,1H3,(H,26,29). The van der Waals surface area contributed by atoms with Gasteiger partial charge in [-0.3, -0.25) is 14.0 Å². The van der Waals surface area contributed by atoms with E-state index >= 15 is 0 Å². The highest BCUT2D eigenvalue weighted by atomic mass is 79.9. The summed E-state index contributed by atoms with van der Waals surface area (Å²) in [5, 5.41) is 2.78. The molecule has 164 valence electrons. The van der Waals surface area contributed by atoms with Crippen molar-refractivity contribution >= 4 is 27.5 Å². The number of carbonyl (C=O) groups excluding carboxylic acids is 1. The Hall–Kier alpha value is -2.72. The van der Waals surface area contributed by atoms with Crippen LogP contribution in [0.2, 0.25) is 0 Å². The van der Waals surface area contributed by atoms with Gasteiger partial charge in [0.05, 0.1) is 0 Å². The Morgan fingerprint density at radius 3 is 2.58 bits per heavy atom. The number of halogens is 4. The molecule has 0 radical (unpaired) electrons. The first-order valence-corrected chi connectivity index (χ1v) is 10.3. The zero-order chi connectivity index (χ0) is 22.6. The van der Waals surface area contributed by atoms with Gasteiger partial charge >= 0.3 is 6.18 Å². The van der Waals surface area contributed by atoms with E-state index in [0.717, 1.165) is 4.40 Å². The van der Waals surface area contributed by atoms with Crippen LogP contribution in [0, 0.1) is 0 Å². The van der Waals surface area contributed by atoms with Crippen molar-refractivity contribution in [3.63, 3.8) is 0 Å². The van der Waals surface area contributed by atoms with Crippen LogP contribution in [0.4, 0.5) is 13.2 Å². The van der Waals surface area contributed by atoms with Crippen LogP contribution in [-0.2, 0) is 10.9 Å². The fourth-order valence-corrected chi connectivity index (χ4v) is 3.48. The Morgan fingerprint density at radius 2 is 1.94 bits per heavy atom. The molecule has 0 bridgehead atoms. The number of hydrogen-bond acceptors (Lipinski definition) is 4. The molecule has 2 aromatic heterocycles. The summed E-state index contributed by atoms with van der Waals surface area (Å²) in [5.41, 5.74) is -1.01. The van der Waals surface area contributed by atoms with Crippen molar-refractivity contribution in [1.29, 1.82) is 0 Å². The third-order valence-electron chi connectivity index (χ3n) is 4.48. The molecule has 0 aliphatic carbocycles. The van der Waals surface area contributed by atoms with E-state index in [2.05, 4.69) is 26.2 Å². The Morgan fingerprint density at radius 1 is 1.23 bits per heavy atom. The molecule has 0 aliphatic rings. The van der Waals surface area contributed by atoms with E-state index in [0.29, 0.717) is 42.9 Å². The third kappa shape index (κ3) is 5.13. The van der Waals surface area contributed by atoms with Crippen LogP contribution in [-0.4, -0.2) is 35.1 Å². The highest BCUT2D eigenvalue weighted by Crippen LogP contribution is 2.33. The fraction of sp³-hybridized carbons (Fsp3) is 0.286. The predicted octanol–water partition coefficient (Wildman–Crippen LogP) is 4.30. The van der Waals surface area contributed by atoms with Crippen molar-refractivity contribution in [1.82, 2.24) is 14.7 Å². The molecule has 0 saturated heterocycles. The SMILES string of the molecule is CCOCCCNC(=O)c1ccc(-c2cccn3c(=O)c(Br)c(C(F)(F)F)nc23)cc1. The molecule has 1 N–H and O–H groups in total. The van der Waals surface area contributed by atoms with Gasteiger partial charge in [-0.1, -0.05) is 12.1 Å². The number of pyridine rings is 1. The van der Waals surface area contributed by atoms with Crippen molar-refractivity contribution in [3.8, 4) is 11.1 Å². The summed E-state index contributed by atoms with van der Waals surface area (Å²) in [7, 11) is 0. The third-order valence-corrected chi connectivity index (χ3v) is 5.20. The summed E-state index contributed by atoms with van der Waals surface area (Å²) >= 11 is 2.71. The molecule has 2 heterocycles. The summed E-state index contributed by atoms with van der Waals surface area (Å²) in [6, 6.07) is 9.46. The summed E-state index contributed by atoms with van der Waals surface area (Å²) < 4.78 is 45.5. The van der Waals surface area contributed by atoms with Gasteiger partial charge in [0, 0.05) is 37.1 Å². The minimum Gasteiger partial charge on any atom is -0.382 e. The van der Waals surface area contributed by atoms with Crippen molar-refractivity contribution in [2.24, 2.45) is 0 Å². The van der Waals surface area contributed by atoms with E-state index in [1.54, 1.807) is 36.4 Å². The van der Waals surface area contributed by atoms with E-state index in [1.165, 1.54) is 6.20 Å². The summed E-state index contributed by atoms with van der Waals surface area (Å²) in [6.45, 7) is 3.53. The summed E-state index contributed by atoms with van der Waals surface area (Å²) in [4.78, 5) is 28.3. The highest BCUT2D eigenvalue weighted by Gasteiger charge is 2.37. The number of carbonyl (C=O) groups is 1. The van der Waals surface area contributed by atoms with Gasteiger partial charge in [-0.15, -0.1) is 0 Å². The lowest BCUT2D eigenvalue weighted by Crippen LogP contribution is -2.25. The molecule has 6 nitrogen and oxygen atoms in total. The van der Waals surface area contributed by atoms with Crippen LogP contribution in [0.3, 0.4) is 0 Å². The van der Waals surface area contributed by atoms with Crippen molar-refractivity contribution in [2.75, 3.05) is 19.8 Å². The van der Waals surface area contributed by atoms with Gasteiger partial charge in [-0.05, 0) is 59.1 Å². The van der Waals surface area contributed by atoms with Crippen LogP contribution >= 0.6 is 15.9 Å². The number of nitrogens with zero attached hydrogens (tertiary/aromatic N) is 2. The minimum atomic E-state index is -4.79. The van der Waals surface area contributed by atoms with Gasteiger partial charge in [0.1, 0.15) is 10.1 Å². The number of amides is 1. The van der Waals surface area contributed by atoms with E-state index in [9.17, 15) is 22.8 Å². The summed E-state index contributed by atoms with van der Waals surface area (Å²) in [5.74, 6) is -0.265. The van der Waals surface area contributed by atoms with Crippen LogP contribution in [0.5, 0.6) is 0 Å². The normalized spacial score (nSPS) is 11.6. The summed E-state index contributed by atoms with van der Waals surface area (Å²) in [6.07, 6.45) is -2.75. The number of alkyl halides is 3. The number of hydrogen-bond donors (Lipinski definition) is 1. The van der Waals surface area contributed by atoms with E-state index in [1.807, 2.05) is 6.92 Å². The average molecular weight is 498 g/mol. The largest absolute Gasteiger partial charge is 0.434 e. The number of rotatable bonds is 7. The van der Waals surface area contributed by atoms with Crippen LogP contribution in [0.1, 0.15) is 29.4 Å². The topological polar surface area (TPSA) is 72.7 Å². The van der Waals surface area contributed by atoms with Gasteiger partial charge in [0.15, 0.2) is 5.69 Å². The first kappa shape index (κ1) is 23.0. The number of ether oxygens (including phenoxy) is 1. The molecule has 10 heteroatoms. The van der Waals surface area contributed by atoms with Crippen molar-refractivity contribution in [2.45, 2.75) is 19.5 Å². The molecule has 31 heavy (non-hydrogen) atoms. The maximum atomic E-state index is 13.3. The minimum absolute atomic E-state index is 0.129. The zero-order valence-corrected chi connectivity index (χ0v) is 18.1. The maximum Gasteiger partial charge on any atom is 0.434 e. The van der Waals surface area contributed by atoms with Crippen LogP contribution in [0.25, 0.3) is 16.8 Å². The Balaban J connectivity index is 1.91. The maximum absolute atomic E-state index is 13.3. The molecule has 0 spiro atoms. The second-order valence-corrected chi connectivity index (χ2v) is 7.37. The molecule has 0 fully saturated rings. The fourth-order valence-electron chi connectivity index (χ4n) is 2.98. The molecule has 1 amide bonds. The lowest BCUT2D eigenvalue weighted by Gasteiger charge is -2.13. The lowest BCUT2D eigenvalue weighted by molar-refractivity contribution is -0.141. The Kier molecular flexibility index (Phi) is 7.11. The Bertz CT molecular complexity index is 1140. The average Bonchev–Trinajstić information content (AvgIpc) is 2.75. The molecule has 3 aromatic rings. The Labute approximate surface area is 184 Å². The van der Waals surface area contributed by atoms with Gasteiger partial charge < -0.3 is 10.1 Å².